The Bertz CT molecular complexity index is 595. The lowest BCUT2D eigenvalue weighted by Crippen LogP contribution is -2.53. The monoisotopic (exact) mass is 608 g/mol. The number of rotatable bonds is 5. The second-order valence-electron chi connectivity index (χ2n) is 7.37. The summed E-state index contributed by atoms with van der Waals surface area (Å²) in [7, 11) is 0. The average Bonchev–Trinajstić information content (AvgIpc) is 2.39. The highest BCUT2D eigenvalue weighted by molar-refractivity contribution is 14.1. The minimum atomic E-state index is -5.88. The number of benzene rings is 1. The van der Waals surface area contributed by atoms with Gasteiger partial charge in [0.2, 0.25) is 0 Å². The van der Waals surface area contributed by atoms with Crippen molar-refractivity contribution in [3.63, 3.8) is 0 Å². The molecular formula is C17H20F6I2O. The molecule has 0 bridgehead atoms. The SMILES string of the molecule is CC(C)(I)CC(c1ccc(C(O)(C(F)(F)F)C(F)(F)F)cc1)C(C)(C)I. The van der Waals surface area contributed by atoms with Crippen LogP contribution in [0, 0.1) is 0 Å². The van der Waals surface area contributed by atoms with E-state index in [1.807, 2.05) is 27.7 Å². The van der Waals surface area contributed by atoms with Crippen molar-refractivity contribution in [3.8, 4) is 0 Å². The minimum absolute atomic E-state index is 0.0890. The van der Waals surface area contributed by atoms with Crippen molar-refractivity contribution in [2.24, 2.45) is 0 Å². The van der Waals surface area contributed by atoms with Crippen LogP contribution in [0.1, 0.15) is 51.2 Å². The van der Waals surface area contributed by atoms with Gasteiger partial charge < -0.3 is 5.11 Å². The molecule has 1 aromatic rings. The lowest BCUT2D eigenvalue weighted by Gasteiger charge is -2.35. The molecule has 0 aliphatic rings. The molecule has 0 aromatic heterocycles. The quantitative estimate of drug-likeness (QED) is 0.219. The molecule has 0 heterocycles. The minimum Gasteiger partial charge on any atom is -0.369 e. The normalized spacial score (nSPS) is 15.9. The Morgan fingerprint density at radius 3 is 1.50 bits per heavy atom. The lowest BCUT2D eigenvalue weighted by atomic mass is 9.81. The molecule has 1 atom stereocenters. The fourth-order valence-electron chi connectivity index (χ4n) is 2.69. The molecule has 1 unspecified atom stereocenters. The summed E-state index contributed by atoms with van der Waals surface area (Å²) >= 11 is 4.48. The molecule has 0 saturated heterocycles. The molecule has 26 heavy (non-hydrogen) atoms. The van der Waals surface area contributed by atoms with E-state index in [9.17, 15) is 31.4 Å². The average molecular weight is 608 g/mol. The van der Waals surface area contributed by atoms with Crippen LogP contribution in [0.5, 0.6) is 0 Å². The first-order valence-electron chi connectivity index (χ1n) is 7.65. The second kappa shape index (κ2) is 7.57. The van der Waals surface area contributed by atoms with Gasteiger partial charge in [-0.25, -0.2) is 0 Å². The van der Waals surface area contributed by atoms with E-state index in [0.717, 1.165) is 0 Å². The molecule has 0 spiro atoms. The Hall–Kier alpha value is 0.220. The molecule has 1 nitrogen and oxygen atoms in total. The van der Waals surface area contributed by atoms with Gasteiger partial charge in [0, 0.05) is 12.4 Å². The van der Waals surface area contributed by atoms with Crippen molar-refractivity contribution in [2.45, 2.75) is 64.8 Å². The fourth-order valence-corrected chi connectivity index (χ4v) is 3.71. The van der Waals surface area contributed by atoms with Crippen LogP contribution in [0.3, 0.4) is 0 Å². The van der Waals surface area contributed by atoms with Crippen LogP contribution in [0.2, 0.25) is 0 Å². The van der Waals surface area contributed by atoms with Gasteiger partial charge in [-0.3, -0.25) is 0 Å². The summed E-state index contributed by atoms with van der Waals surface area (Å²) in [5.41, 5.74) is -5.50. The predicted octanol–water partition coefficient (Wildman–Crippen LogP) is 6.90. The molecule has 1 rings (SSSR count). The first kappa shape index (κ1) is 24.3. The molecule has 1 aromatic carbocycles. The Labute approximate surface area is 176 Å². The van der Waals surface area contributed by atoms with Gasteiger partial charge in [0.25, 0.3) is 5.60 Å². The van der Waals surface area contributed by atoms with Gasteiger partial charge in [-0.2, -0.15) is 26.3 Å². The van der Waals surface area contributed by atoms with Crippen LogP contribution < -0.4 is 0 Å². The molecule has 9 heteroatoms. The highest BCUT2D eigenvalue weighted by Crippen LogP contribution is 2.50. The molecule has 150 valence electrons. The van der Waals surface area contributed by atoms with Crippen molar-refractivity contribution < 1.29 is 31.4 Å². The molecule has 0 saturated carbocycles. The second-order valence-corrected chi connectivity index (χ2v) is 13.1. The highest BCUT2D eigenvalue weighted by Gasteiger charge is 2.71. The maximum atomic E-state index is 13.0. The number of aliphatic hydroxyl groups is 1. The highest BCUT2D eigenvalue weighted by atomic mass is 127. The van der Waals surface area contributed by atoms with E-state index in [2.05, 4.69) is 45.2 Å². The third-order valence-electron chi connectivity index (χ3n) is 4.07. The Balaban J connectivity index is 3.40. The van der Waals surface area contributed by atoms with Gasteiger partial charge in [0.1, 0.15) is 0 Å². The molecule has 0 radical (unpaired) electrons. The molecule has 0 fully saturated rings. The van der Waals surface area contributed by atoms with Gasteiger partial charge in [0.15, 0.2) is 0 Å². The smallest absolute Gasteiger partial charge is 0.369 e. The van der Waals surface area contributed by atoms with E-state index in [1.165, 1.54) is 12.1 Å². The van der Waals surface area contributed by atoms with Crippen molar-refractivity contribution in [3.05, 3.63) is 35.4 Å². The number of alkyl halides is 8. The molecule has 0 amide bonds. The zero-order chi connectivity index (χ0) is 20.8. The Kier molecular flexibility index (Phi) is 7.06. The third-order valence-corrected chi connectivity index (χ3v) is 5.26. The van der Waals surface area contributed by atoms with E-state index in [1.54, 1.807) is 0 Å². The van der Waals surface area contributed by atoms with Crippen LogP contribution in [-0.4, -0.2) is 24.3 Å². The van der Waals surface area contributed by atoms with E-state index in [-0.39, 0.29) is 12.8 Å². The number of halogens is 8. The van der Waals surface area contributed by atoms with E-state index in [4.69, 9.17) is 0 Å². The summed E-state index contributed by atoms with van der Waals surface area (Å²) in [5.74, 6) is -0.0890. The topological polar surface area (TPSA) is 20.2 Å². The fraction of sp³-hybridized carbons (Fsp3) is 0.647. The van der Waals surface area contributed by atoms with Crippen molar-refractivity contribution in [2.75, 3.05) is 0 Å². The maximum Gasteiger partial charge on any atom is 0.430 e. The van der Waals surface area contributed by atoms with E-state index < -0.39 is 23.5 Å². The third kappa shape index (κ3) is 5.39. The Morgan fingerprint density at radius 2 is 1.23 bits per heavy atom. The van der Waals surface area contributed by atoms with Gasteiger partial charge in [0.05, 0.1) is 0 Å². The lowest BCUT2D eigenvalue weighted by molar-refractivity contribution is -0.376. The summed E-state index contributed by atoms with van der Waals surface area (Å²) < 4.78 is 77.5. The van der Waals surface area contributed by atoms with Crippen LogP contribution >= 0.6 is 45.2 Å². The van der Waals surface area contributed by atoms with Gasteiger partial charge in [-0.1, -0.05) is 97.1 Å². The Morgan fingerprint density at radius 1 is 0.846 bits per heavy atom. The summed E-state index contributed by atoms with van der Waals surface area (Å²) in [6.07, 6.45) is -11.1. The summed E-state index contributed by atoms with van der Waals surface area (Å²) in [6.45, 7) is 7.92. The van der Waals surface area contributed by atoms with Crippen LogP contribution in [0.4, 0.5) is 26.3 Å². The summed E-state index contributed by atoms with van der Waals surface area (Å²) in [4.78, 5) is 0. The maximum absolute atomic E-state index is 13.0. The summed E-state index contributed by atoms with van der Waals surface area (Å²) in [6, 6.07) is 3.91. The molecule has 1 N–H and O–H groups in total. The van der Waals surface area contributed by atoms with E-state index in [0.29, 0.717) is 24.1 Å². The van der Waals surface area contributed by atoms with Crippen LogP contribution in [0.15, 0.2) is 24.3 Å². The van der Waals surface area contributed by atoms with E-state index >= 15 is 0 Å². The van der Waals surface area contributed by atoms with Gasteiger partial charge in [-0.15, -0.1) is 0 Å². The largest absolute Gasteiger partial charge is 0.430 e. The molecule has 0 aliphatic heterocycles. The van der Waals surface area contributed by atoms with Crippen molar-refractivity contribution in [1.29, 1.82) is 0 Å². The zero-order valence-electron chi connectivity index (χ0n) is 14.6. The summed E-state index contributed by atoms with van der Waals surface area (Å²) in [5, 5.41) is 9.48. The first-order valence-corrected chi connectivity index (χ1v) is 9.80. The predicted molar refractivity (Wildman–Crippen MR) is 106 cm³/mol. The standard InChI is InChI=1S/C17H20F6I2O/c1-13(2,24)9-12(14(3,4)25)10-5-7-11(8-6-10)15(26,16(18,19)20)17(21,22)23/h5-8,12,26H,9H2,1-4H3. The number of hydrogen-bond donors (Lipinski definition) is 1. The first-order chi connectivity index (χ1) is 11.3. The van der Waals surface area contributed by atoms with Crippen LogP contribution in [0.25, 0.3) is 0 Å². The van der Waals surface area contributed by atoms with Gasteiger partial charge in [-0.05, 0) is 17.9 Å². The van der Waals surface area contributed by atoms with Gasteiger partial charge >= 0.3 is 12.4 Å². The zero-order valence-corrected chi connectivity index (χ0v) is 18.9. The van der Waals surface area contributed by atoms with Crippen molar-refractivity contribution in [1.82, 2.24) is 0 Å². The van der Waals surface area contributed by atoms with Crippen molar-refractivity contribution >= 4 is 45.2 Å². The molecular weight excluding hydrogens is 588 g/mol. The number of hydrogen-bond acceptors (Lipinski definition) is 1. The van der Waals surface area contributed by atoms with Crippen LogP contribution in [-0.2, 0) is 5.60 Å². The molecule has 0 aliphatic carbocycles.